The molecule has 2 saturated heterocycles. The van der Waals surface area contributed by atoms with E-state index in [-0.39, 0.29) is 5.91 Å². The van der Waals surface area contributed by atoms with Gasteiger partial charge in [0.05, 0.1) is 38.8 Å². The van der Waals surface area contributed by atoms with Gasteiger partial charge in [-0.15, -0.1) is 0 Å². The third-order valence-corrected chi connectivity index (χ3v) is 8.49. The summed E-state index contributed by atoms with van der Waals surface area (Å²) in [5, 5.41) is 0. The van der Waals surface area contributed by atoms with Crippen molar-refractivity contribution in [2.45, 2.75) is 112 Å². The average molecular weight is 383 g/mol. The van der Waals surface area contributed by atoms with E-state index in [4.69, 9.17) is 0 Å². The van der Waals surface area contributed by atoms with E-state index in [0.717, 1.165) is 6.04 Å². The average Bonchev–Trinajstić information content (AvgIpc) is 3.13. The van der Waals surface area contributed by atoms with Crippen LogP contribution in [0.4, 0.5) is 0 Å². The fraction of sp³-hybridized carbons (Fsp3) is 1.00. The highest BCUT2D eigenvalue weighted by Gasteiger charge is 2.80. The zero-order chi connectivity index (χ0) is 20.6. The van der Waals surface area contributed by atoms with Crippen molar-refractivity contribution >= 4 is 0 Å². The van der Waals surface area contributed by atoms with Crippen molar-refractivity contribution in [3.05, 3.63) is 0 Å². The highest BCUT2D eigenvalue weighted by Crippen LogP contribution is 2.54. The Bertz CT molecular complexity index is 481. The number of rotatable bonds is 8. The van der Waals surface area contributed by atoms with E-state index in [1.807, 2.05) is 0 Å². The Labute approximate surface area is 170 Å². The molecule has 0 aromatic carbocycles. The van der Waals surface area contributed by atoms with Gasteiger partial charge in [0.1, 0.15) is 12.6 Å². The van der Waals surface area contributed by atoms with E-state index in [2.05, 4.69) is 79.0 Å². The molecule has 0 saturated carbocycles. The second kappa shape index (κ2) is 8.30. The van der Waals surface area contributed by atoms with Gasteiger partial charge in [-0.3, -0.25) is 0 Å². The van der Waals surface area contributed by atoms with Gasteiger partial charge < -0.3 is 0 Å². The summed E-state index contributed by atoms with van der Waals surface area (Å²) < 4.78 is 2.48. The zero-order valence-corrected chi connectivity index (χ0v) is 20.3. The SMILES string of the molecule is CCC1C[N+](CC)(CC)C2(N(C(C)C)CC(CC)[N+]2(CC)CC)N1C(C)C. The van der Waals surface area contributed by atoms with Crippen molar-refractivity contribution in [1.82, 2.24) is 9.80 Å². The van der Waals surface area contributed by atoms with E-state index in [0.29, 0.717) is 18.1 Å². The summed E-state index contributed by atoms with van der Waals surface area (Å²) in [6.07, 6.45) is 2.54. The van der Waals surface area contributed by atoms with E-state index in [9.17, 15) is 0 Å². The van der Waals surface area contributed by atoms with Crippen LogP contribution in [0.5, 0.6) is 0 Å². The molecule has 2 rings (SSSR count). The molecule has 0 N–H and O–H groups in total. The molecule has 4 nitrogen and oxygen atoms in total. The second-order valence-corrected chi connectivity index (χ2v) is 9.60. The first-order valence-electron chi connectivity index (χ1n) is 12.0. The third-order valence-electron chi connectivity index (χ3n) is 8.49. The van der Waals surface area contributed by atoms with Gasteiger partial charge in [0.25, 0.3) is 0 Å². The summed E-state index contributed by atoms with van der Waals surface area (Å²) in [5.41, 5.74) is 0. The molecule has 2 heterocycles. The first kappa shape index (κ1) is 23.1. The molecule has 0 aliphatic carbocycles. The molecule has 2 fully saturated rings. The van der Waals surface area contributed by atoms with Crippen molar-refractivity contribution in [2.24, 2.45) is 0 Å². The van der Waals surface area contributed by atoms with Gasteiger partial charge in [0, 0.05) is 12.1 Å². The molecular weight excluding hydrogens is 332 g/mol. The zero-order valence-electron chi connectivity index (χ0n) is 20.3. The molecule has 1 spiro atoms. The Morgan fingerprint density at radius 1 is 0.815 bits per heavy atom. The van der Waals surface area contributed by atoms with E-state index < -0.39 is 0 Å². The van der Waals surface area contributed by atoms with Crippen LogP contribution in [-0.2, 0) is 0 Å². The van der Waals surface area contributed by atoms with Crippen LogP contribution < -0.4 is 0 Å². The molecular formula is C23H50N4+2. The lowest BCUT2D eigenvalue weighted by Crippen LogP contribution is -2.85. The number of likely N-dealkylation sites (N-methyl/N-ethyl adjacent to an activating group) is 2. The van der Waals surface area contributed by atoms with Crippen molar-refractivity contribution in [3.8, 4) is 0 Å². The predicted octanol–water partition coefficient (Wildman–Crippen LogP) is 4.32. The Morgan fingerprint density at radius 2 is 1.37 bits per heavy atom. The molecule has 0 bridgehead atoms. The van der Waals surface area contributed by atoms with Crippen molar-refractivity contribution in [1.29, 1.82) is 0 Å². The van der Waals surface area contributed by atoms with Gasteiger partial charge in [0.2, 0.25) is 0 Å². The highest BCUT2D eigenvalue weighted by atomic mass is 15.9. The fourth-order valence-electron chi connectivity index (χ4n) is 7.38. The lowest BCUT2D eigenvalue weighted by Gasteiger charge is -2.60. The maximum Gasteiger partial charge on any atom is 0.357 e. The number of hydrogen-bond donors (Lipinski definition) is 0. The molecule has 160 valence electrons. The van der Waals surface area contributed by atoms with E-state index >= 15 is 0 Å². The molecule has 2 aliphatic heterocycles. The van der Waals surface area contributed by atoms with Crippen LogP contribution in [0.25, 0.3) is 0 Å². The van der Waals surface area contributed by atoms with Crippen LogP contribution in [0.3, 0.4) is 0 Å². The minimum atomic E-state index is 0.0800. The fourth-order valence-corrected chi connectivity index (χ4v) is 7.38. The molecule has 27 heavy (non-hydrogen) atoms. The molecule has 0 radical (unpaired) electrons. The van der Waals surface area contributed by atoms with Gasteiger partial charge in [-0.05, 0) is 68.2 Å². The smallest absolute Gasteiger partial charge is 0.242 e. The lowest BCUT2D eigenvalue weighted by atomic mass is 10.1. The molecule has 0 aromatic heterocycles. The first-order valence-corrected chi connectivity index (χ1v) is 12.0. The Balaban J connectivity index is 2.92. The van der Waals surface area contributed by atoms with Crippen molar-refractivity contribution in [2.75, 3.05) is 39.3 Å². The molecule has 3 atom stereocenters. The number of quaternary nitrogens is 2. The van der Waals surface area contributed by atoms with Crippen molar-refractivity contribution in [3.63, 3.8) is 0 Å². The quantitative estimate of drug-likeness (QED) is 0.577. The summed E-state index contributed by atoms with van der Waals surface area (Å²) in [6.45, 7) is 32.0. The highest BCUT2D eigenvalue weighted by molar-refractivity contribution is 4.97. The van der Waals surface area contributed by atoms with Crippen LogP contribution in [0.1, 0.15) is 82.1 Å². The van der Waals surface area contributed by atoms with Crippen LogP contribution >= 0.6 is 0 Å². The summed E-state index contributed by atoms with van der Waals surface area (Å²) >= 11 is 0. The minimum absolute atomic E-state index is 0.0800. The van der Waals surface area contributed by atoms with E-state index in [1.54, 1.807) is 0 Å². The molecule has 0 aromatic rings. The van der Waals surface area contributed by atoms with Gasteiger partial charge in [-0.25, -0.2) is 8.97 Å². The molecule has 4 heteroatoms. The summed E-state index contributed by atoms with van der Waals surface area (Å²) in [6, 6.07) is 2.55. The third kappa shape index (κ3) is 2.77. The maximum atomic E-state index is 3.00. The summed E-state index contributed by atoms with van der Waals surface area (Å²) in [5.74, 6) is 0.0800. The number of hydrogen-bond acceptors (Lipinski definition) is 2. The first-order chi connectivity index (χ1) is 12.7. The predicted molar refractivity (Wildman–Crippen MR) is 117 cm³/mol. The summed E-state index contributed by atoms with van der Waals surface area (Å²) in [7, 11) is 0. The normalized spacial score (nSPS) is 33.8. The minimum Gasteiger partial charge on any atom is -0.242 e. The Hall–Kier alpha value is -0.160. The van der Waals surface area contributed by atoms with Gasteiger partial charge in [-0.1, -0.05) is 13.8 Å². The second-order valence-electron chi connectivity index (χ2n) is 9.60. The summed E-state index contributed by atoms with van der Waals surface area (Å²) in [4.78, 5) is 5.96. The van der Waals surface area contributed by atoms with Crippen LogP contribution in [0, 0.1) is 0 Å². The molecule has 0 amide bonds. The standard InChI is InChI=1S/C23H50N4/c1-11-21-18-26(13-3,14-4)23(25(21)20(9)10)24(19(7)8)17-22(12-2)27(23,15-5)16-6/h19-22H,11-18H2,1-10H3/q+2. The molecule has 2 aliphatic rings. The molecule has 3 unspecified atom stereocenters. The van der Waals surface area contributed by atoms with E-state index in [1.165, 1.54) is 61.1 Å². The Kier molecular flexibility index (Phi) is 7.10. The number of nitrogens with zero attached hydrogens (tertiary/aromatic N) is 4. The monoisotopic (exact) mass is 382 g/mol. The lowest BCUT2D eigenvalue weighted by molar-refractivity contribution is -1.18. The van der Waals surface area contributed by atoms with Gasteiger partial charge in [-0.2, -0.15) is 9.80 Å². The van der Waals surface area contributed by atoms with Crippen LogP contribution in [0.15, 0.2) is 0 Å². The van der Waals surface area contributed by atoms with Crippen molar-refractivity contribution < 1.29 is 8.97 Å². The largest absolute Gasteiger partial charge is 0.357 e. The van der Waals surface area contributed by atoms with Gasteiger partial charge >= 0.3 is 5.91 Å². The maximum absolute atomic E-state index is 3.00. The van der Waals surface area contributed by atoms with Crippen LogP contribution in [0.2, 0.25) is 0 Å². The van der Waals surface area contributed by atoms with Gasteiger partial charge in [0.15, 0.2) is 0 Å². The Morgan fingerprint density at radius 3 is 1.70 bits per heavy atom. The van der Waals surface area contributed by atoms with Crippen LogP contribution in [-0.4, -0.2) is 88.1 Å². The topological polar surface area (TPSA) is 6.48 Å².